The molecule has 0 aromatic heterocycles. The normalized spacial score (nSPS) is 8.44. The molecule has 0 amide bonds. The first-order chi connectivity index (χ1) is 7.56. The molecule has 0 aliphatic carbocycles. The first-order valence-electron chi connectivity index (χ1n) is 5.14. The molecule has 100 valence electrons. The minimum absolute atomic E-state index is 0.139. The van der Waals surface area contributed by atoms with Crippen LogP contribution < -0.4 is 5.32 Å². The zero-order valence-electron chi connectivity index (χ0n) is 9.71. The van der Waals surface area contributed by atoms with Crippen molar-refractivity contribution in [1.29, 1.82) is 0 Å². The standard InChI is InChI=1S/C4H11NO2.C4H10O.BH3O3/c6-3-1-5-2-4-7;1-2-3-4-5;2-1(3)4/h5-7H,1-4H2;5H,2-4H2,1H3;2-4H. The molecule has 0 rings (SSSR count). The van der Waals surface area contributed by atoms with Crippen LogP contribution >= 0.6 is 0 Å². The van der Waals surface area contributed by atoms with E-state index in [1.54, 1.807) is 0 Å². The molecule has 0 heterocycles. The first-order valence-corrected chi connectivity index (χ1v) is 5.14. The number of hydrogen-bond donors (Lipinski definition) is 7. The van der Waals surface area contributed by atoms with Crippen molar-refractivity contribution < 1.29 is 30.4 Å². The van der Waals surface area contributed by atoms with Crippen LogP contribution in [-0.4, -0.2) is 70.6 Å². The molecule has 0 aliphatic heterocycles. The summed E-state index contributed by atoms with van der Waals surface area (Å²) in [5, 5.41) is 48.6. The van der Waals surface area contributed by atoms with Gasteiger partial charge in [-0.15, -0.1) is 0 Å². The van der Waals surface area contributed by atoms with E-state index in [-0.39, 0.29) is 13.2 Å². The Morgan fingerprint density at radius 2 is 1.25 bits per heavy atom. The maximum Gasteiger partial charge on any atom is 0.631 e. The summed E-state index contributed by atoms with van der Waals surface area (Å²) in [6, 6.07) is 0. The van der Waals surface area contributed by atoms with Gasteiger partial charge in [0, 0.05) is 19.7 Å². The van der Waals surface area contributed by atoms with Crippen molar-refractivity contribution in [2.24, 2.45) is 0 Å². The smallest absolute Gasteiger partial charge is 0.402 e. The summed E-state index contributed by atoms with van der Waals surface area (Å²) in [4.78, 5) is 0. The molecule has 0 saturated carbocycles. The van der Waals surface area contributed by atoms with Crippen molar-refractivity contribution in [1.82, 2.24) is 5.32 Å². The molecule has 0 radical (unpaired) electrons. The summed E-state index contributed by atoms with van der Waals surface area (Å²) in [7, 11) is -2.17. The Kier molecular flexibility index (Phi) is 31.9. The molecule has 16 heavy (non-hydrogen) atoms. The van der Waals surface area contributed by atoms with Gasteiger partial charge in [-0.05, 0) is 6.42 Å². The van der Waals surface area contributed by atoms with Gasteiger partial charge in [0.2, 0.25) is 0 Å². The third-order valence-corrected chi connectivity index (χ3v) is 1.09. The van der Waals surface area contributed by atoms with E-state index in [1.165, 1.54) is 0 Å². The lowest BCUT2D eigenvalue weighted by Crippen LogP contribution is -2.21. The molecule has 0 spiro atoms. The Balaban J connectivity index is -0.000000166. The zero-order chi connectivity index (χ0) is 13.2. The molecule has 0 saturated heterocycles. The van der Waals surface area contributed by atoms with Crippen LogP contribution in [0, 0.1) is 0 Å². The lowest BCUT2D eigenvalue weighted by molar-refractivity contribution is 0.266. The van der Waals surface area contributed by atoms with Gasteiger partial charge in [-0.1, -0.05) is 13.3 Å². The second-order valence-corrected chi connectivity index (χ2v) is 2.62. The van der Waals surface area contributed by atoms with Gasteiger partial charge < -0.3 is 35.7 Å². The summed E-state index contributed by atoms with van der Waals surface area (Å²) in [5.74, 6) is 0. The predicted octanol–water partition coefficient (Wildman–Crippen LogP) is -2.71. The van der Waals surface area contributed by atoms with E-state index in [0.29, 0.717) is 19.7 Å². The second-order valence-electron chi connectivity index (χ2n) is 2.62. The maximum atomic E-state index is 8.15. The van der Waals surface area contributed by atoms with Gasteiger partial charge in [0.1, 0.15) is 0 Å². The van der Waals surface area contributed by atoms with Crippen molar-refractivity contribution in [3.05, 3.63) is 0 Å². The van der Waals surface area contributed by atoms with Crippen LogP contribution in [0.4, 0.5) is 0 Å². The molecular weight excluding hydrogens is 217 g/mol. The van der Waals surface area contributed by atoms with Gasteiger partial charge in [0.15, 0.2) is 0 Å². The molecule has 0 bridgehead atoms. The van der Waals surface area contributed by atoms with Crippen molar-refractivity contribution in [3.63, 3.8) is 0 Å². The minimum Gasteiger partial charge on any atom is -0.402 e. The van der Waals surface area contributed by atoms with Gasteiger partial charge in [-0.25, -0.2) is 0 Å². The van der Waals surface area contributed by atoms with Gasteiger partial charge in [0.05, 0.1) is 13.2 Å². The van der Waals surface area contributed by atoms with E-state index in [0.717, 1.165) is 12.8 Å². The summed E-state index contributed by atoms with van der Waals surface area (Å²) < 4.78 is 0. The molecule has 0 aromatic carbocycles. The Labute approximate surface area is 96.5 Å². The molecule has 0 unspecified atom stereocenters. The first kappa shape index (κ1) is 21.1. The Bertz CT molecular complexity index is 89.8. The minimum atomic E-state index is -2.17. The molecule has 8 heteroatoms. The number of aliphatic hydroxyl groups excluding tert-OH is 3. The number of hydrogen-bond acceptors (Lipinski definition) is 7. The van der Waals surface area contributed by atoms with Crippen LogP contribution in [0.1, 0.15) is 19.8 Å². The van der Waals surface area contributed by atoms with E-state index in [9.17, 15) is 0 Å². The van der Waals surface area contributed by atoms with Crippen LogP contribution in [0.2, 0.25) is 0 Å². The van der Waals surface area contributed by atoms with Crippen molar-refractivity contribution in [2.75, 3.05) is 32.9 Å². The van der Waals surface area contributed by atoms with Crippen LogP contribution in [-0.2, 0) is 0 Å². The van der Waals surface area contributed by atoms with E-state index in [1.807, 2.05) is 0 Å². The SMILES string of the molecule is CCCCO.OB(O)O.OCCNCCO. The number of aliphatic hydroxyl groups is 3. The average Bonchev–Trinajstić information content (AvgIpc) is 2.20. The Morgan fingerprint density at radius 1 is 0.875 bits per heavy atom. The summed E-state index contributed by atoms with van der Waals surface area (Å²) in [6.07, 6.45) is 2.04. The fraction of sp³-hybridized carbons (Fsp3) is 1.00. The second kappa shape index (κ2) is 24.2. The summed E-state index contributed by atoms with van der Waals surface area (Å²) >= 11 is 0. The topological polar surface area (TPSA) is 133 Å². The van der Waals surface area contributed by atoms with Crippen LogP contribution in [0.15, 0.2) is 0 Å². The van der Waals surface area contributed by atoms with E-state index < -0.39 is 7.32 Å². The number of rotatable bonds is 6. The van der Waals surface area contributed by atoms with E-state index >= 15 is 0 Å². The van der Waals surface area contributed by atoms with Gasteiger partial charge in [-0.2, -0.15) is 0 Å². The maximum absolute atomic E-state index is 8.15. The molecule has 0 aromatic rings. The fourth-order valence-electron chi connectivity index (χ4n) is 0.441. The average molecular weight is 241 g/mol. The van der Waals surface area contributed by atoms with Gasteiger partial charge in [-0.3, -0.25) is 0 Å². The lowest BCUT2D eigenvalue weighted by Gasteiger charge is -1.94. The zero-order valence-corrected chi connectivity index (χ0v) is 9.71. The van der Waals surface area contributed by atoms with Gasteiger partial charge in [0.25, 0.3) is 0 Å². The highest BCUT2D eigenvalue weighted by molar-refractivity contribution is 6.30. The third-order valence-electron chi connectivity index (χ3n) is 1.09. The summed E-state index contributed by atoms with van der Waals surface area (Å²) in [6.45, 7) is 3.81. The largest absolute Gasteiger partial charge is 0.631 e. The highest BCUT2D eigenvalue weighted by Gasteiger charge is 1.92. The van der Waals surface area contributed by atoms with Crippen molar-refractivity contribution in [2.45, 2.75) is 19.8 Å². The molecule has 0 fully saturated rings. The molecule has 7 N–H and O–H groups in total. The lowest BCUT2D eigenvalue weighted by atomic mass is 10.3. The van der Waals surface area contributed by atoms with Crippen LogP contribution in [0.3, 0.4) is 0 Å². The molecule has 0 atom stereocenters. The summed E-state index contributed by atoms with van der Waals surface area (Å²) in [5.41, 5.74) is 0. The molecule has 7 nitrogen and oxygen atoms in total. The molecular formula is C8H24BNO6. The molecule has 0 aliphatic rings. The van der Waals surface area contributed by atoms with E-state index in [4.69, 9.17) is 30.4 Å². The van der Waals surface area contributed by atoms with Crippen molar-refractivity contribution in [3.8, 4) is 0 Å². The number of unbranched alkanes of at least 4 members (excludes halogenated alkanes) is 1. The highest BCUT2D eigenvalue weighted by atomic mass is 16.5. The number of nitrogens with one attached hydrogen (secondary N) is 1. The highest BCUT2D eigenvalue weighted by Crippen LogP contribution is 1.78. The van der Waals surface area contributed by atoms with E-state index in [2.05, 4.69) is 12.2 Å². The monoisotopic (exact) mass is 241 g/mol. The fourth-order valence-corrected chi connectivity index (χ4v) is 0.441. The van der Waals surface area contributed by atoms with Crippen LogP contribution in [0.5, 0.6) is 0 Å². The third kappa shape index (κ3) is 67.3. The van der Waals surface area contributed by atoms with Crippen molar-refractivity contribution >= 4 is 7.32 Å². The van der Waals surface area contributed by atoms with Gasteiger partial charge >= 0.3 is 7.32 Å². The quantitative estimate of drug-likeness (QED) is 0.198. The Hall–Kier alpha value is -0.215. The predicted molar refractivity (Wildman–Crippen MR) is 61.4 cm³/mol. The Morgan fingerprint density at radius 3 is 1.38 bits per heavy atom. The van der Waals surface area contributed by atoms with Crippen LogP contribution in [0.25, 0.3) is 0 Å².